The van der Waals surface area contributed by atoms with Crippen LogP contribution in [0.4, 0.5) is 18.0 Å². The Morgan fingerprint density at radius 2 is 1.85 bits per heavy atom. The Morgan fingerprint density at radius 3 is 2.46 bits per heavy atom. The van der Waals surface area contributed by atoms with E-state index in [1.54, 1.807) is 6.92 Å². The fourth-order valence-electron chi connectivity index (χ4n) is 3.07. The average molecular weight is 373 g/mol. The predicted molar refractivity (Wildman–Crippen MR) is 82.8 cm³/mol. The number of Topliss-reactive ketones (excluding diaryl/α,β-unsaturated/α-hetero) is 1. The number of amides is 1. The average Bonchev–Trinajstić information content (AvgIpc) is 2.57. The lowest BCUT2D eigenvalue weighted by Crippen LogP contribution is -2.42. The van der Waals surface area contributed by atoms with E-state index in [0.717, 1.165) is 4.90 Å². The summed E-state index contributed by atoms with van der Waals surface area (Å²) < 4.78 is 45.5. The molecule has 0 radical (unpaired) electrons. The van der Waals surface area contributed by atoms with Gasteiger partial charge < -0.3 is 14.7 Å². The van der Waals surface area contributed by atoms with Gasteiger partial charge in [0.1, 0.15) is 18.0 Å². The van der Waals surface area contributed by atoms with Crippen molar-refractivity contribution in [2.75, 3.05) is 13.2 Å². The molecule has 1 fully saturated rings. The fourth-order valence-corrected chi connectivity index (χ4v) is 3.07. The van der Waals surface area contributed by atoms with Crippen LogP contribution in [0, 0.1) is 23.4 Å². The van der Waals surface area contributed by atoms with Crippen molar-refractivity contribution in [3.8, 4) is 0 Å². The van der Waals surface area contributed by atoms with Crippen LogP contribution >= 0.6 is 0 Å². The first-order chi connectivity index (χ1) is 12.2. The van der Waals surface area contributed by atoms with Gasteiger partial charge in [-0.25, -0.2) is 18.0 Å². The molecule has 9 heteroatoms. The van der Waals surface area contributed by atoms with Gasteiger partial charge in [-0.15, -0.1) is 0 Å². The van der Waals surface area contributed by atoms with Gasteiger partial charge in [0.15, 0.2) is 11.6 Å². The number of nitrogens with zero attached hydrogens (tertiary/aromatic N) is 1. The van der Waals surface area contributed by atoms with E-state index < -0.39 is 53.7 Å². The van der Waals surface area contributed by atoms with E-state index in [0.29, 0.717) is 12.1 Å². The van der Waals surface area contributed by atoms with E-state index >= 15 is 0 Å². The van der Waals surface area contributed by atoms with Crippen molar-refractivity contribution in [2.45, 2.75) is 32.2 Å². The van der Waals surface area contributed by atoms with E-state index in [1.165, 1.54) is 0 Å². The zero-order valence-electron chi connectivity index (χ0n) is 14.0. The van der Waals surface area contributed by atoms with Crippen LogP contribution in [0.2, 0.25) is 0 Å². The van der Waals surface area contributed by atoms with Crippen molar-refractivity contribution < 1.29 is 37.4 Å². The molecule has 1 aliphatic heterocycles. The second-order valence-electron chi connectivity index (χ2n) is 5.95. The van der Waals surface area contributed by atoms with Crippen LogP contribution in [0.3, 0.4) is 0 Å². The van der Waals surface area contributed by atoms with Crippen LogP contribution in [-0.4, -0.2) is 41.0 Å². The van der Waals surface area contributed by atoms with Crippen molar-refractivity contribution in [3.05, 3.63) is 35.1 Å². The molecule has 0 spiro atoms. The number of ether oxygens (including phenoxy) is 1. The minimum Gasteiger partial charge on any atom is -0.466 e. The molecule has 2 atom stereocenters. The minimum absolute atomic E-state index is 0.0995. The summed E-state index contributed by atoms with van der Waals surface area (Å²) in [6.07, 6.45) is -1.83. The molecule has 142 valence electrons. The summed E-state index contributed by atoms with van der Waals surface area (Å²) in [6.45, 7) is 1.61. The van der Waals surface area contributed by atoms with Crippen molar-refractivity contribution in [1.82, 2.24) is 4.90 Å². The highest BCUT2D eigenvalue weighted by Gasteiger charge is 2.37. The summed E-state index contributed by atoms with van der Waals surface area (Å²) in [6, 6.07) is -0.217. The summed E-state index contributed by atoms with van der Waals surface area (Å²) >= 11 is 0. The van der Waals surface area contributed by atoms with Gasteiger partial charge in [0.25, 0.3) is 0 Å². The van der Waals surface area contributed by atoms with Crippen LogP contribution in [0.1, 0.15) is 37.8 Å². The lowest BCUT2D eigenvalue weighted by molar-refractivity contribution is -0.146. The molecule has 1 aliphatic rings. The summed E-state index contributed by atoms with van der Waals surface area (Å²) in [5.74, 6) is -5.67. The largest absolute Gasteiger partial charge is 0.466 e. The van der Waals surface area contributed by atoms with Gasteiger partial charge in [-0.1, -0.05) is 0 Å². The molecule has 0 aliphatic carbocycles. The third-order valence-corrected chi connectivity index (χ3v) is 4.33. The number of ketones is 1. The van der Waals surface area contributed by atoms with Crippen LogP contribution in [0.25, 0.3) is 0 Å². The number of hydrogen-bond acceptors (Lipinski definition) is 4. The summed E-state index contributed by atoms with van der Waals surface area (Å²) in [5, 5.41) is 9.30. The highest BCUT2D eigenvalue weighted by molar-refractivity contribution is 5.96. The highest BCUT2D eigenvalue weighted by Crippen LogP contribution is 2.37. The standard InChI is InChI=1S/C17H18F3NO5/c1-2-26-16(23)8-15(22)9-3-4-21(17(24)25)14(5-9)10-6-12(19)13(20)7-11(10)18/h6-7,9,14H,2-5,8H2,1H3,(H,24,25)/t9-,14+/m0/s1. The molecule has 6 nitrogen and oxygen atoms in total. The van der Waals surface area contributed by atoms with Gasteiger partial charge in [-0.2, -0.15) is 0 Å². The van der Waals surface area contributed by atoms with E-state index in [-0.39, 0.29) is 31.6 Å². The van der Waals surface area contributed by atoms with Crippen LogP contribution in [0.15, 0.2) is 12.1 Å². The third-order valence-electron chi connectivity index (χ3n) is 4.33. The SMILES string of the molecule is CCOC(=O)CC(=O)[C@H]1CCN(C(=O)O)[C@@H](c2cc(F)c(F)cc2F)C1. The first-order valence-corrected chi connectivity index (χ1v) is 8.06. The zero-order chi connectivity index (χ0) is 19.4. The number of hydrogen-bond donors (Lipinski definition) is 1. The number of halogens is 3. The van der Waals surface area contributed by atoms with Gasteiger partial charge >= 0.3 is 12.1 Å². The molecule has 1 saturated heterocycles. The number of carbonyl (C=O) groups is 3. The Labute approximate surface area is 147 Å². The maximum atomic E-state index is 14.1. The second kappa shape index (κ2) is 8.20. The monoisotopic (exact) mass is 373 g/mol. The number of benzene rings is 1. The lowest BCUT2D eigenvalue weighted by Gasteiger charge is -2.37. The zero-order valence-corrected chi connectivity index (χ0v) is 14.0. The first-order valence-electron chi connectivity index (χ1n) is 8.06. The number of likely N-dealkylation sites (tertiary alicyclic amines) is 1. The molecule has 0 bridgehead atoms. The van der Waals surface area contributed by atoms with E-state index in [4.69, 9.17) is 4.74 Å². The molecular formula is C17H18F3NO5. The van der Waals surface area contributed by atoms with Gasteiger partial charge in [-0.05, 0) is 25.8 Å². The van der Waals surface area contributed by atoms with Gasteiger partial charge in [0, 0.05) is 24.1 Å². The van der Waals surface area contributed by atoms with Crippen molar-refractivity contribution in [3.63, 3.8) is 0 Å². The van der Waals surface area contributed by atoms with Crippen molar-refractivity contribution in [1.29, 1.82) is 0 Å². The maximum Gasteiger partial charge on any atom is 0.407 e. The summed E-state index contributed by atoms with van der Waals surface area (Å²) in [5.41, 5.74) is -0.347. The number of piperidine rings is 1. The smallest absolute Gasteiger partial charge is 0.407 e. The summed E-state index contributed by atoms with van der Waals surface area (Å²) in [4.78, 5) is 36.0. The Kier molecular flexibility index (Phi) is 6.23. The Bertz CT molecular complexity index is 725. The Hall–Kier alpha value is -2.58. The van der Waals surface area contributed by atoms with Gasteiger partial charge in [0.2, 0.25) is 0 Å². The molecule has 1 aromatic rings. The molecule has 1 heterocycles. The molecule has 1 N–H and O–H groups in total. The minimum atomic E-state index is -1.39. The van der Waals surface area contributed by atoms with E-state index in [9.17, 15) is 32.7 Å². The van der Waals surface area contributed by atoms with Crippen LogP contribution < -0.4 is 0 Å². The molecule has 0 unspecified atom stereocenters. The third kappa shape index (κ3) is 4.33. The number of esters is 1. The molecule has 26 heavy (non-hydrogen) atoms. The molecular weight excluding hydrogens is 355 g/mol. The normalized spacial score (nSPS) is 19.9. The number of rotatable bonds is 5. The topological polar surface area (TPSA) is 83.9 Å². The molecule has 1 aromatic carbocycles. The predicted octanol–water partition coefficient (Wildman–Crippen LogP) is 3.06. The van der Waals surface area contributed by atoms with Crippen LogP contribution in [-0.2, 0) is 14.3 Å². The molecule has 2 rings (SSSR count). The first kappa shape index (κ1) is 19.7. The van der Waals surface area contributed by atoms with Crippen molar-refractivity contribution in [2.24, 2.45) is 5.92 Å². The summed E-state index contributed by atoms with van der Waals surface area (Å²) in [7, 11) is 0. The quantitative estimate of drug-likeness (QED) is 0.487. The second-order valence-corrected chi connectivity index (χ2v) is 5.95. The highest BCUT2D eigenvalue weighted by atomic mass is 19.2. The Balaban J connectivity index is 2.26. The molecule has 1 amide bonds. The van der Waals surface area contributed by atoms with Gasteiger partial charge in [0.05, 0.1) is 12.6 Å². The van der Waals surface area contributed by atoms with Crippen LogP contribution in [0.5, 0.6) is 0 Å². The fraction of sp³-hybridized carbons (Fsp3) is 0.471. The van der Waals surface area contributed by atoms with Gasteiger partial charge in [-0.3, -0.25) is 9.59 Å². The van der Waals surface area contributed by atoms with Crippen molar-refractivity contribution >= 4 is 17.8 Å². The van der Waals surface area contributed by atoms with E-state index in [1.807, 2.05) is 0 Å². The Morgan fingerprint density at radius 1 is 1.19 bits per heavy atom. The molecule has 0 saturated carbocycles. The number of carboxylic acid groups (broad SMARTS) is 1. The van der Waals surface area contributed by atoms with E-state index in [2.05, 4.69) is 0 Å². The molecule has 0 aromatic heterocycles. The maximum absolute atomic E-state index is 14.1. The number of carbonyl (C=O) groups excluding carboxylic acids is 2. The lowest BCUT2D eigenvalue weighted by atomic mass is 9.83.